The van der Waals surface area contributed by atoms with Crippen molar-refractivity contribution in [2.24, 2.45) is 0 Å². The number of phosphoric ester groups is 1. The smallest absolute Gasteiger partial charge is 0.290 e. The van der Waals surface area contributed by atoms with Gasteiger partial charge in [0.1, 0.15) is 14.5 Å². The minimum Gasteiger partial charge on any atom is -0.290 e. The summed E-state index contributed by atoms with van der Waals surface area (Å²) in [6.07, 6.45) is 0.833. The first-order valence-electron chi connectivity index (χ1n) is 7.62. The number of benzene rings is 1. The van der Waals surface area contributed by atoms with Crippen molar-refractivity contribution in [3.05, 3.63) is 65.0 Å². The van der Waals surface area contributed by atoms with E-state index in [0.29, 0.717) is 5.69 Å². The van der Waals surface area contributed by atoms with E-state index in [1.54, 1.807) is 0 Å². The molecule has 128 valence electrons. The number of halogens is 1. The fourth-order valence-corrected chi connectivity index (χ4v) is 3.41. The van der Waals surface area contributed by atoms with E-state index < -0.39 is 7.82 Å². The number of phosphoric acid groups is 1. The molecule has 0 amide bonds. The summed E-state index contributed by atoms with van der Waals surface area (Å²) in [5, 5.41) is 0. The average Bonchev–Trinajstić information content (AvgIpc) is 2.65. The van der Waals surface area contributed by atoms with Crippen LogP contribution >= 0.6 is 30.4 Å². The number of hydrogen-bond donors (Lipinski definition) is 0. The second-order valence-corrected chi connectivity index (χ2v) is 7.64. The van der Waals surface area contributed by atoms with Gasteiger partial charge in [-0.25, -0.2) is 4.57 Å². The van der Waals surface area contributed by atoms with Crippen molar-refractivity contribution >= 4 is 38.3 Å². The summed E-state index contributed by atoms with van der Waals surface area (Å²) in [5.41, 5.74) is 3.77. The minimum absolute atomic E-state index is 0.0761. The van der Waals surface area contributed by atoms with Crippen molar-refractivity contribution in [2.45, 2.75) is 24.0 Å². The van der Waals surface area contributed by atoms with Crippen molar-refractivity contribution in [1.29, 1.82) is 0 Å². The van der Waals surface area contributed by atoms with Crippen LogP contribution in [0.4, 0.5) is 0 Å². The quantitative estimate of drug-likeness (QED) is 0.248. The molecule has 0 saturated heterocycles. The van der Waals surface area contributed by atoms with Gasteiger partial charge in [0, 0.05) is 17.2 Å². The maximum absolute atomic E-state index is 12.5. The Morgan fingerprint density at radius 2 is 1.75 bits per heavy atom. The lowest BCUT2D eigenvalue weighted by Crippen LogP contribution is -2.02. The van der Waals surface area contributed by atoms with Gasteiger partial charge in [-0.15, -0.1) is 0 Å². The van der Waals surface area contributed by atoms with Crippen LogP contribution in [-0.2, 0) is 42.1 Å². The Morgan fingerprint density at radius 1 is 1.08 bits per heavy atom. The average molecular weight is 459 g/mol. The zero-order valence-electron chi connectivity index (χ0n) is 13.8. The molecule has 8 heteroatoms. The molecule has 5 nitrogen and oxygen atoms in total. The Kier molecular flexibility index (Phi) is 7.90. The van der Waals surface area contributed by atoms with Crippen LogP contribution in [0.25, 0.3) is 0 Å². The van der Waals surface area contributed by atoms with Crippen molar-refractivity contribution in [3.8, 4) is 0 Å². The topological polar surface area (TPSA) is 57.7 Å². The number of aromatic nitrogens is 1. The first-order valence-corrected chi connectivity index (χ1v) is 10.6. The maximum Gasteiger partial charge on any atom is 0.475 e. The highest BCUT2D eigenvalue weighted by Gasteiger charge is 2.25. The third-order valence-corrected chi connectivity index (χ3v) is 5.57. The molecule has 0 N–H and O–H groups in total. The Hall–Kier alpha value is -0.725. The largest absolute Gasteiger partial charge is 0.475 e. The highest BCUT2D eigenvalue weighted by atomic mass is 127. The summed E-state index contributed by atoms with van der Waals surface area (Å²) in [6, 6.07) is 13.6. The van der Waals surface area contributed by atoms with Gasteiger partial charge in [-0.3, -0.25) is 18.6 Å². The highest BCUT2D eigenvalue weighted by Crippen LogP contribution is 2.49. The van der Waals surface area contributed by atoms with Gasteiger partial charge in [-0.05, 0) is 29.6 Å². The molecule has 2 aromatic rings. The molecule has 0 aliphatic rings. The molecule has 0 aliphatic heterocycles. The third kappa shape index (κ3) is 5.97. The Morgan fingerprint density at radius 3 is 2.46 bits per heavy atom. The van der Waals surface area contributed by atoms with Crippen LogP contribution in [0.5, 0.6) is 0 Å². The van der Waals surface area contributed by atoms with Gasteiger partial charge in [0.25, 0.3) is 0 Å². The first kappa shape index (κ1) is 19.6. The Balaban J connectivity index is 1.96. The summed E-state index contributed by atoms with van der Waals surface area (Å²) in [5.74, 6) is 0. The van der Waals surface area contributed by atoms with Crippen molar-refractivity contribution < 1.29 is 18.1 Å². The molecule has 1 heterocycles. The molecule has 1 aromatic heterocycles. The predicted molar refractivity (Wildman–Crippen MR) is 105 cm³/mol. The molecule has 0 spiro atoms. The molecule has 0 bridgehead atoms. The van der Waals surface area contributed by atoms with E-state index in [1.165, 1.54) is 12.7 Å². The highest BCUT2D eigenvalue weighted by molar-refractivity contribution is 14.1. The van der Waals surface area contributed by atoms with Crippen LogP contribution in [-0.4, -0.2) is 19.9 Å². The Bertz CT molecular complexity index is 660. The van der Waals surface area contributed by atoms with Gasteiger partial charge < -0.3 is 0 Å². The second kappa shape index (κ2) is 9.68. The lowest BCUT2D eigenvalue weighted by Gasteiger charge is -2.16. The first-order chi connectivity index (χ1) is 11.6. The van der Waals surface area contributed by atoms with Crippen LogP contribution in [0, 0.1) is 0 Å². The van der Waals surface area contributed by atoms with Gasteiger partial charge in [-0.2, -0.15) is 0 Å². The van der Waals surface area contributed by atoms with Crippen LogP contribution in [0.1, 0.15) is 22.5 Å². The lowest BCUT2D eigenvalue weighted by molar-refractivity contribution is 0.119. The van der Waals surface area contributed by atoms with Crippen LogP contribution in [0.15, 0.2) is 42.5 Å². The number of hydrogen-bond acceptors (Lipinski definition) is 5. The van der Waals surface area contributed by atoms with E-state index in [1.807, 2.05) is 50.3 Å². The standard InChI is InChI=1S/C16H20BINO4P/c1-21-24(20,22-11-14-5-2-4-13(8-14)10-18)23-12-16-7-3-6-15(9-17)19-16/h2-8H,9-12,17H2,1H3. The lowest BCUT2D eigenvalue weighted by atomic mass is 10.0. The minimum atomic E-state index is -3.62. The van der Waals surface area contributed by atoms with E-state index >= 15 is 0 Å². The Labute approximate surface area is 157 Å². The summed E-state index contributed by atoms with van der Waals surface area (Å²) in [4.78, 5) is 4.41. The van der Waals surface area contributed by atoms with Crippen molar-refractivity contribution in [3.63, 3.8) is 0 Å². The SMILES string of the molecule is BCc1cccc(COP(=O)(OC)OCc2cccc(CI)c2)n1. The predicted octanol–water partition coefficient (Wildman–Crippen LogP) is 3.64. The molecule has 1 aromatic carbocycles. The van der Waals surface area contributed by atoms with Crippen molar-refractivity contribution in [1.82, 2.24) is 4.98 Å². The number of rotatable bonds is 9. The normalized spacial score (nSPS) is 13.6. The fraction of sp³-hybridized carbons (Fsp3) is 0.312. The van der Waals surface area contributed by atoms with E-state index in [9.17, 15) is 4.57 Å². The van der Waals surface area contributed by atoms with E-state index in [0.717, 1.165) is 22.0 Å². The van der Waals surface area contributed by atoms with Gasteiger partial charge in [0.2, 0.25) is 0 Å². The second-order valence-electron chi connectivity index (χ2n) is 5.10. The van der Waals surface area contributed by atoms with Crippen LogP contribution < -0.4 is 0 Å². The zero-order chi connectivity index (χ0) is 17.4. The van der Waals surface area contributed by atoms with E-state index in [4.69, 9.17) is 13.6 Å². The van der Waals surface area contributed by atoms with Crippen LogP contribution in [0.3, 0.4) is 0 Å². The van der Waals surface area contributed by atoms with Gasteiger partial charge in [0.05, 0.1) is 12.3 Å². The molecule has 2 rings (SSSR count). The van der Waals surface area contributed by atoms with E-state index in [2.05, 4.69) is 27.6 Å². The molecular weight excluding hydrogens is 439 g/mol. The molecule has 0 saturated carbocycles. The monoisotopic (exact) mass is 459 g/mol. The molecule has 1 atom stereocenters. The molecular formula is C16H20BINO4P. The van der Waals surface area contributed by atoms with Gasteiger partial charge >= 0.3 is 7.82 Å². The maximum atomic E-state index is 12.5. The zero-order valence-corrected chi connectivity index (χ0v) is 16.8. The van der Waals surface area contributed by atoms with Crippen molar-refractivity contribution in [2.75, 3.05) is 7.11 Å². The fourth-order valence-electron chi connectivity index (χ4n) is 2.05. The summed E-state index contributed by atoms with van der Waals surface area (Å²) in [7, 11) is -0.275. The molecule has 0 radical (unpaired) electrons. The number of pyridine rings is 1. The number of nitrogens with zero attached hydrogens (tertiary/aromatic N) is 1. The third-order valence-electron chi connectivity index (χ3n) is 3.36. The summed E-state index contributed by atoms with van der Waals surface area (Å²) < 4.78 is 29.2. The molecule has 0 aliphatic carbocycles. The molecule has 0 fully saturated rings. The van der Waals surface area contributed by atoms with Gasteiger partial charge in [0.15, 0.2) is 0 Å². The van der Waals surface area contributed by atoms with E-state index in [-0.39, 0.29) is 13.2 Å². The number of alkyl halides is 1. The van der Waals surface area contributed by atoms with Crippen LogP contribution in [0.2, 0.25) is 0 Å². The van der Waals surface area contributed by atoms with Gasteiger partial charge in [-0.1, -0.05) is 52.9 Å². The molecule has 24 heavy (non-hydrogen) atoms. The summed E-state index contributed by atoms with van der Waals surface area (Å²) >= 11 is 2.30. The molecule has 1 unspecified atom stereocenters. The summed E-state index contributed by atoms with van der Waals surface area (Å²) in [6.45, 7) is 0.241.